The normalized spacial score (nSPS) is 11.0. The van der Waals surface area contributed by atoms with Gasteiger partial charge in [0.05, 0.1) is 10.6 Å². The molecule has 0 unspecified atom stereocenters. The molecule has 0 aliphatic rings. The SMILES string of the molecule is C=C(C)C(=O)Nc1ccc(S(=O)(=O)Nc2c(C)cccc2C)cc1. The fraction of sp³-hybridized carbons (Fsp3) is 0.167. The summed E-state index contributed by atoms with van der Waals surface area (Å²) >= 11 is 0. The van der Waals surface area contributed by atoms with Gasteiger partial charge >= 0.3 is 0 Å². The first kappa shape index (κ1) is 17.7. The first-order valence-electron chi connectivity index (χ1n) is 7.36. The minimum Gasteiger partial charge on any atom is -0.322 e. The molecular formula is C18H20N2O3S. The Morgan fingerprint density at radius 2 is 1.54 bits per heavy atom. The molecule has 0 spiro atoms. The van der Waals surface area contributed by atoms with Gasteiger partial charge in [0, 0.05) is 11.3 Å². The van der Waals surface area contributed by atoms with Crippen molar-refractivity contribution in [3.63, 3.8) is 0 Å². The van der Waals surface area contributed by atoms with Crippen molar-refractivity contribution in [1.29, 1.82) is 0 Å². The minimum atomic E-state index is -3.70. The molecule has 0 heterocycles. The summed E-state index contributed by atoms with van der Waals surface area (Å²) in [5.41, 5.74) is 3.17. The van der Waals surface area contributed by atoms with Crippen LogP contribution in [0.4, 0.5) is 11.4 Å². The molecule has 2 N–H and O–H groups in total. The lowest BCUT2D eigenvalue weighted by Gasteiger charge is -2.13. The molecule has 2 aromatic carbocycles. The number of hydrogen-bond donors (Lipinski definition) is 2. The predicted molar refractivity (Wildman–Crippen MR) is 96.6 cm³/mol. The van der Waals surface area contributed by atoms with Gasteiger partial charge in [-0.3, -0.25) is 9.52 Å². The van der Waals surface area contributed by atoms with Crippen LogP contribution in [0.2, 0.25) is 0 Å². The highest BCUT2D eigenvalue weighted by atomic mass is 32.2. The summed E-state index contributed by atoms with van der Waals surface area (Å²) in [7, 11) is -3.70. The molecule has 2 rings (SSSR count). The topological polar surface area (TPSA) is 75.3 Å². The number of sulfonamides is 1. The molecule has 0 atom stereocenters. The lowest BCUT2D eigenvalue weighted by molar-refractivity contribution is -0.112. The number of hydrogen-bond acceptors (Lipinski definition) is 3. The summed E-state index contributed by atoms with van der Waals surface area (Å²) in [6, 6.07) is 11.6. The maximum Gasteiger partial charge on any atom is 0.261 e. The maximum atomic E-state index is 12.5. The Morgan fingerprint density at radius 3 is 2.04 bits per heavy atom. The van der Waals surface area contributed by atoms with Gasteiger partial charge in [-0.1, -0.05) is 24.8 Å². The molecule has 24 heavy (non-hydrogen) atoms. The first-order chi connectivity index (χ1) is 11.2. The van der Waals surface area contributed by atoms with Gasteiger partial charge in [-0.15, -0.1) is 0 Å². The number of nitrogens with one attached hydrogen (secondary N) is 2. The van der Waals surface area contributed by atoms with Crippen LogP contribution in [0.5, 0.6) is 0 Å². The number of aryl methyl sites for hydroxylation is 2. The third-order valence-corrected chi connectivity index (χ3v) is 4.89. The smallest absolute Gasteiger partial charge is 0.261 e. The van der Waals surface area contributed by atoms with Crippen molar-refractivity contribution in [3.05, 3.63) is 65.7 Å². The van der Waals surface area contributed by atoms with E-state index in [0.29, 0.717) is 16.9 Å². The second kappa shape index (κ2) is 6.88. The maximum absolute atomic E-state index is 12.5. The first-order valence-corrected chi connectivity index (χ1v) is 8.85. The summed E-state index contributed by atoms with van der Waals surface area (Å²) < 4.78 is 27.7. The van der Waals surface area contributed by atoms with Crippen molar-refractivity contribution in [1.82, 2.24) is 0 Å². The summed E-state index contributed by atoms with van der Waals surface area (Å²) in [5.74, 6) is -0.306. The molecule has 0 radical (unpaired) electrons. The number of benzene rings is 2. The number of carbonyl (C=O) groups is 1. The Balaban J connectivity index is 2.24. The highest BCUT2D eigenvalue weighted by Crippen LogP contribution is 2.24. The average molecular weight is 344 g/mol. The van der Waals surface area contributed by atoms with Crippen LogP contribution in [0.25, 0.3) is 0 Å². The third kappa shape index (κ3) is 4.02. The van der Waals surface area contributed by atoms with Crippen molar-refractivity contribution in [3.8, 4) is 0 Å². The Hall–Kier alpha value is -2.60. The minimum absolute atomic E-state index is 0.124. The highest BCUT2D eigenvalue weighted by Gasteiger charge is 2.16. The molecule has 0 aromatic heterocycles. The molecule has 0 saturated heterocycles. The van der Waals surface area contributed by atoms with Gasteiger partial charge in [0.1, 0.15) is 0 Å². The van der Waals surface area contributed by atoms with Crippen molar-refractivity contribution in [2.24, 2.45) is 0 Å². The number of anilines is 2. The summed E-state index contributed by atoms with van der Waals surface area (Å²) in [4.78, 5) is 11.7. The Labute approximate surface area is 142 Å². The molecule has 0 fully saturated rings. The summed E-state index contributed by atoms with van der Waals surface area (Å²) in [6.45, 7) is 8.85. The largest absolute Gasteiger partial charge is 0.322 e. The fourth-order valence-electron chi connectivity index (χ4n) is 2.12. The van der Waals surface area contributed by atoms with Crippen LogP contribution in [0.1, 0.15) is 18.1 Å². The molecule has 0 aliphatic heterocycles. The van der Waals surface area contributed by atoms with Crippen molar-refractivity contribution >= 4 is 27.3 Å². The van der Waals surface area contributed by atoms with Crippen LogP contribution >= 0.6 is 0 Å². The van der Waals surface area contributed by atoms with Gasteiger partial charge in [0.2, 0.25) is 0 Å². The molecule has 0 bridgehead atoms. The van der Waals surface area contributed by atoms with E-state index in [9.17, 15) is 13.2 Å². The van der Waals surface area contributed by atoms with Gasteiger partial charge < -0.3 is 5.32 Å². The van der Waals surface area contributed by atoms with Crippen molar-refractivity contribution in [2.45, 2.75) is 25.7 Å². The number of amides is 1. The predicted octanol–water partition coefficient (Wildman–Crippen LogP) is 3.62. The van der Waals surface area contributed by atoms with Gasteiger partial charge in [-0.2, -0.15) is 0 Å². The van der Waals surface area contributed by atoms with Crippen molar-refractivity contribution < 1.29 is 13.2 Å². The van der Waals surface area contributed by atoms with Gasteiger partial charge in [-0.05, 0) is 56.2 Å². The standard InChI is InChI=1S/C18H20N2O3S/c1-12(2)18(21)19-15-8-10-16(11-9-15)24(22,23)20-17-13(3)6-5-7-14(17)4/h5-11,20H,1H2,2-4H3,(H,19,21). The molecule has 6 heteroatoms. The molecule has 0 aliphatic carbocycles. The van der Waals surface area contributed by atoms with Crippen LogP contribution in [0.15, 0.2) is 59.5 Å². The zero-order chi connectivity index (χ0) is 17.9. The monoisotopic (exact) mass is 344 g/mol. The molecule has 126 valence electrons. The highest BCUT2D eigenvalue weighted by molar-refractivity contribution is 7.92. The fourth-order valence-corrected chi connectivity index (χ4v) is 3.33. The average Bonchev–Trinajstić information content (AvgIpc) is 2.51. The van der Waals surface area contributed by atoms with E-state index in [4.69, 9.17) is 0 Å². The lowest BCUT2D eigenvalue weighted by atomic mass is 10.1. The third-order valence-electron chi connectivity index (χ3n) is 3.53. The van der Waals surface area contributed by atoms with Gasteiger partial charge in [-0.25, -0.2) is 8.42 Å². The lowest BCUT2D eigenvalue weighted by Crippen LogP contribution is -2.15. The van der Waals surface area contributed by atoms with Gasteiger partial charge in [0.15, 0.2) is 0 Å². The van der Waals surface area contributed by atoms with Crippen LogP contribution in [-0.4, -0.2) is 14.3 Å². The zero-order valence-corrected chi connectivity index (χ0v) is 14.7. The van der Waals surface area contributed by atoms with E-state index >= 15 is 0 Å². The molecule has 1 amide bonds. The van der Waals surface area contributed by atoms with Crippen LogP contribution in [-0.2, 0) is 14.8 Å². The molecule has 0 saturated carbocycles. The molecule has 2 aromatic rings. The number of para-hydroxylation sites is 1. The van der Waals surface area contributed by atoms with E-state index in [1.54, 1.807) is 19.1 Å². The zero-order valence-electron chi connectivity index (χ0n) is 13.9. The van der Waals surface area contributed by atoms with E-state index in [1.807, 2.05) is 32.0 Å². The van der Waals surface area contributed by atoms with Crippen LogP contribution in [0, 0.1) is 13.8 Å². The van der Waals surface area contributed by atoms with Crippen LogP contribution < -0.4 is 10.0 Å². The second-order valence-corrected chi connectivity index (χ2v) is 7.31. The van der Waals surface area contributed by atoms with E-state index < -0.39 is 10.0 Å². The van der Waals surface area contributed by atoms with Crippen molar-refractivity contribution in [2.75, 3.05) is 10.0 Å². The Kier molecular flexibility index (Phi) is 5.09. The summed E-state index contributed by atoms with van der Waals surface area (Å²) in [6.07, 6.45) is 0. The van der Waals surface area contributed by atoms with E-state index in [2.05, 4.69) is 16.6 Å². The van der Waals surface area contributed by atoms with Gasteiger partial charge in [0.25, 0.3) is 15.9 Å². The molecule has 5 nitrogen and oxygen atoms in total. The second-order valence-electron chi connectivity index (χ2n) is 5.63. The van der Waals surface area contributed by atoms with Crippen LogP contribution in [0.3, 0.4) is 0 Å². The Morgan fingerprint density at radius 1 is 1.00 bits per heavy atom. The van der Waals surface area contributed by atoms with E-state index in [1.165, 1.54) is 12.1 Å². The van der Waals surface area contributed by atoms with E-state index in [-0.39, 0.29) is 10.8 Å². The number of carbonyl (C=O) groups excluding carboxylic acids is 1. The number of rotatable bonds is 5. The van der Waals surface area contributed by atoms with E-state index in [0.717, 1.165) is 11.1 Å². The quantitative estimate of drug-likeness (QED) is 0.814. The molecular weight excluding hydrogens is 324 g/mol. The summed E-state index contributed by atoms with van der Waals surface area (Å²) in [5, 5.41) is 2.63. The Bertz CT molecular complexity index is 865.